The lowest BCUT2D eigenvalue weighted by atomic mass is 10.1. The third kappa shape index (κ3) is 40.0. The Morgan fingerprint density at radius 2 is 0.870 bits per heavy atom. The molecule has 0 aliphatic heterocycles. The molecule has 0 saturated carbocycles. The molecule has 6 nitrogen and oxygen atoms in total. The predicted octanol–water partition coefficient (Wildman–Crippen LogP) is 13.9. The van der Waals surface area contributed by atoms with Gasteiger partial charge in [-0.15, -0.1) is 0 Å². The molecule has 1 unspecified atom stereocenters. The zero-order chi connectivity index (χ0) is 39.4. The van der Waals surface area contributed by atoms with Crippen LogP contribution in [0.1, 0.15) is 194 Å². The molecule has 0 aromatic carbocycles. The Bertz CT molecular complexity index is 1050. The molecule has 0 aliphatic carbocycles. The average Bonchev–Trinajstić information content (AvgIpc) is 3.17. The van der Waals surface area contributed by atoms with Crippen LogP contribution in [0.2, 0.25) is 0 Å². The average molecular weight is 753 g/mol. The summed E-state index contributed by atoms with van der Waals surface area (Å²) < 4.78 is 16.5. The van der Waals surface area contributed by atoms with Gasteiger partial charge < -0.3 is 14.2 Å². The first-order valence-electron chi connectivity index (χ1n) is 22.0. The van der Waals surface area contributed by atoms with Crippen molar-refractivity contribution in [2.75, 3.05) is 13.2 Å². The molecule has 0 spiro atoms. The second-order valence-electron chi connectivity index (χ2n) is 14.3. The van der Waals surface area contributed by atoms with Crippen LogP contribution in [0.3, 0.4) is 0 Å². The van der Waals surface area contributed by atoms with Crippen LogP contribution in [0.4, 0.5) is 0 Å². The zero-order valence-electron chi connectivity index (χ0n) is 35.0. The van der Waals surface area contributed by atoms with Crippen molar-refractivity contribution in [3.8, 4) is 0 Å². The quantitative estimate of drug-likeness (QED) is 0.0205. The molecule has 1 atom stereocenters. The molecule has 0 bridgehead atoms. The molecule has 0 rings (SSSR count). The Labute approximate surface area is 332 Å². The normalized spacial score (nSPS) is 12.7. The largest absolute Gasteiger partial charge is 0.462 e. The van der Waals surface area contributed by atoms with E-state index >= 15 is 0 Å². The lowest BCUT2D eigenvalue weighted by molar-refractivity contribution is -0.166. The first kappa shape index (κ1) is 50.9. The highest BCUT2D eigenvalue weighted by atomic mass is 16.6. The van der Waals surface area contributed by atoms with Gasteiger partial charge in [-0.1, -0.05) is 171 Å². The third-order valence-electron chi connectivity index (χ3n) is 8.98. The molecule has 0 N–H and O–H groups in total. The number of carbonyl (C=O) groups is 3. The minimum absolute atomic E-state index is 0.118. The van der Waals surface area contributed by atoms with Gasteiger partial charge in [0.15, 0.2) is 6.10 Å². The molecule has 0 fully saturated rings. The van der Waals surface area contributed by atoms with E-state index in [-0.39, 0.29) is 38.0 Å². The summed E-state index contributed by atoms with van der Waals surface area (Å²) in [6.07, 6.45) is 52.1. The summed E-state index contributed by atoms with van der Waals surface area (Å²) in [6, 6.07) is 0. The van der Waals surface area contributed by atoms with E-state index < -0.39 is 12.1 Å². The van der Waals surface area contributed by atoms with Gasteiger partial charge >= 0.3 is 17.9 Å². The summed E-state index contributed by atoms with van der Waals surface area (Å²) in [7, 11) is 0. The first-order valence-corrected chi connectivity index (χ1v) is 22.0. The zero-order valence-corrected chi connectivity index (χ0v) is 35.0. The molecule has 6 heteroatoms. The Hall–Kier alpha value is -3.15. The van der Waals surface area contributed by atoms with Gasteiger partial charge in [-0.25, -0.2) is 0 Å². The van der Waals surface area contributed by atoms with Crippen molar-refractivity contribution >= 4 is 17.9 Å². The highest BCUT2D eigenvalue weighted by molar-refractivity contribution is 5.72. The van der Waals surface area contributed by atoms with Crippen LogP contribution in [-0.2, 0) is 28.6 Å². The maximum absolute atomic E-state index is 12.6. The summed E-state index contributed by atoms with van der Waals surface area (Å²) in [5.74, 6) is -1.09. The van der Waals surface area contributed by atoms with Crippen LogP contribution in [0.5, 0.6) is 0 Å². The summed E-state index contributed by atoms with van der Waals surface area (Å²) in [5, 5.41) is 0. The van der Waals surface area contributed by atoms with Crippen molar-refractivity contribution in [2.45, 2.75) is 200 Å². The fourth-order valence-corrected chi connectivity index (χ4v) is 5.65. The fraction of sp³-hybridized carbons (Fsp3) is 0.688. The van der Waals surface area contributed by atoms with Crippen molar-refractivity contribution in [1.82, 2.24) is 0 Å². The van der Waals surface area contributed by atoms with Crippen molar-refractivity contribution in [1.29, 1.82) is 0 Å². The number of hydrogen-bond acceptors (Lipinski definition) is 6. The Kier molecular flexibility index (Phi) is 40.1. The van der Waals surface area contributed by atoms with E-state index in [9.17, 15) is 14.4 Å². The molecule has 0 saturated heterocycles. The van der Waals surface area contributed by atoms with Gasteiger partial charge in [0.25, 0.3) is 0 Å². The van der Waals surface area contributed by atoms with Gasteiger partial charge in [-0.05, 0) is 77.0 Å². The molecular formula is C48H80O6. The first-order chi connectivity index (χ1) is 26.5. The SMILES string of the molecule is CC/C=C\C/C=C\C/C=C\CC(=O)OCC(COC(=O)CCCCCCC/C=C\CCCCCCCCC)OC(=O)CCCCC/C=C\C=C/CCCC. The van der Waals surface area contributed by atoms with Gasteiger partial charge in [0, 0.05) is 12.8 Å². The van der Waals surface area contributed by atoms with Gasteiger partial charge in [0.05, 0.1) is 6.42 Å². The highest BCUT2D eigenvalue weighted by Gasteiger charge is 2.19. The second-order valence-corrected chi connectivity index (χ2v) is 14.3. The topological polar surface area (TPSA) is 78.9 Å². The molecule has 0 aromatic rings. The van der Waals surface area contributed by atoms with Crippen LogP contribution >= 0.6 is 0 Å². The number of ether oxygens (including phenoxy) is 3. The van der Waals surface area contributed by atoms with E-state index in [1.807, 2.05) is 6.08 Å². The summed E-state index contributed by atoms with van der Waals surface area (Å²) in [5.41, 5.74) is 0. The van der Waals surface area contributed by atoms with Crippen molar-refractivity contribution < 1.29 is 28.6 Å². The standard InChI is InChI=1S/C48H80O6/c1-4-7-10-13-16-19-21-22-23-24-25-27-29-32-35-38-41-47(50)53-44-45(43-52-46(49)40-37-34-31-28-18-15-12-9-6-3)54-48(51)42-39-36-33-30-26-20-17-14-11-8-5-2/h9,12,14,17-18,20,23-24,26,28,34,37,45H,4-8,10-11,13,15-16,19,21-22,25,27,29-33,35-36,38-44H2,1-3H3/b12-9-,17-14-,24-23-,26-20-,28-18-,37-34-. The number of carbonyl (C=O) groups excluding carboxylic acids is 3. The van der Waals surface area contributed by atoms with Crippen LogP contribution < -0.4 is 0 Å². The number of allylic oxidation sites excluding steroid dienone is 11. The van der Waals surface area contributed by atoms with E-state index in [0.717, 1.165) is 83.5 Å². The lowest BCUT2D eigenvalue weighted by Gasteiger charge is -2.18. The smallest absolute Gasteiger partial charge is 0.309 e. The van der Waals surface area contributed by atoms with Gasteiger partial charge in [-0.2, -0.15) is 0 Å². The van der Waals surface area contributed by atoms with Crippen molar-refractivity contribution in [3.63, 3.8) is 0 Å². The number of rotatable bonds is 38. The third-order valence-corrected chi connectivity index (χ3v) is 8.98. The maximum Gasteiger partial charge on any atom is 0.309 e. The molecule has 54 heavy (non-hydrogen) atoms. The minimum atomic E-state index is -0.824. The maximum atomic E-state index is 12.6. The molecule has 308 valence electrons. The monoisotopic (exact) mass is 753 g/mol. The van der Waals surface area contributed by atoms with Gasteiger partial charge in [0.2, 0.25) is 0 Å². The van der Waals surface area contributed by atoms with Crippen LogP contribution in [0, 0.1) is 0 Å². The van der Waals surface area contributed by atoms with Crippen LogP contribution in [-0.4, -0.2) is 37.2 Å². The second kappa shape index (κ2) is 42.6. The number of hydrogen-bond donors (Lipinski definition) is 0. The summed E-state index contributed by atoms with van der Waals surface area (Å²) in [6.45, 7) is 6.31. The highest BCUT2D eigenvalue weighted by Crippen LogP contribution is 2.12. The number of unbranched alkanes of at least 4 members (excludes halogenated alkanes) is 17. The number of esters is 3. The Morgan fingerprint density at radius 3 is 1.46 bits per heavy atom. The van der Waals surface area contributed by atoms with E-state index in [0.29, 0.717) is 6.42 Å². The van der Waals surface area contributed by atoms with Crippen LogP contribution in [0.15, 0.2) is 72.9 Å². The molecular weight excluding hydrogens is 673 g/mol. The Balaban J connectivity index is 4.45. The molecule has 0 aliphatic rings. The van der Waals surface area contributed by atoms with E-state index in [1.54, 1.807) is 6.08 Å². The lowest BCUT2D eigenvalue weighted by Crippen LogP contribution is -2.30. The summed E-state index contributed by atoms with van der Waals surface area (Å²) >= 11 is 0. The minimum Gasteiger partial charge on any atom is -0.462 e. The fourth-order valence-electron chi connectivity index (χ4n) is 5.65. The molecule has 0 amide bonds. The van der Waals surface area contributed by atoms with Gasteiger partial charge in [-0.3, -0.25) is 14.4 Å². The summed E-state index contributed by atoms with van der Waals surface area (Å²) in [4.78, 5) is 37.5. The predicted molar refractivity (Wildman–Crippen MR) is 228 cm³/mol. The van der Waals surface area contributed by atoms with Crippen molar-refractivity contribution in [3.05, 3.63) is 72.9 Å². The van der Waals surface area contributed by atoms with Crippen molar-refractivity contribution in [2.24, 2.45) is 0 Å². The van der Waals surface area contributed by atoms with Crippen LogP contribution in [0.25, 0.3) is 0 Å². The van der Waals surface area contributed by atoms with E-state index in [2.05, 4.69) is 81.5 Å². The molecule has 0 radical (unpaired) electrons. The Morgan fingerprint density at radius 1 is 0.426 bits per heavy atom. The van der Waals surface area contributed by atoms with E-state index in [4.69, 9.17) is 14.2 Å². The molecule has 0 aromatic heterocycles. The van der Waals surface area contributed by atoms with E-state index in [1.165, 1.54) is 70.6 Å². The molecule has 0 heterocycles. The van der Waals surface area contributed by atoms with Gasteiger partial charge in [0.1, 0.15) is 13.2 Å².